The van der Waals surface area contributed by atoms with E-state index in [-0.39, 0.29) is 30.5 Å². The van der Waals surface area contributed by atoms with E-state index < -0.39 is 18.2 Å². The maximum absolute atomic E-state index is 13.6. The van der Waals surface area contributed by atoms with E-state index >= 15 is 0 Å². The molecule has 0 aliphatic carbocycles. The number of hydrogen-bond acceptors (Lipinski definition) is 7. The summed E-state index contributed by atoms with van der Waals surface area (Å²) in [5.74, 6) is 0.0840. The van der Waals surface area contributed by atoms with Gasteiger partial charge >= 0.3 is 0 Å². The summed E-state index contributed by atoms with van der Waals surface area (Å²) < 4.78 is 14.2. The number of nitrogens with one attached hydrogen (secondary N) is 2. The molecular formula is C31H36ClN5O5. The molecule has 11 heteroatoms. The summed E-state index contributed by atoms with van der Waals surface area (Å²) in [5.41, 5.74) is 3.23. The van der Waals surface area contributed by atoms with Crippen LogP contribution in [0.15, 0.2) is 54.9 Å². The van der Waals surface area contributed by atoms with Crippen LogP contribution in [-0.4, -0.2) is 81.7 Å². The monoisotopic (exact) mass is 593 g/mol. The number of hydrogen-bond donors (Lipinski definition) is 3. The highest BCUT2D eigenvalue weighted by Crippen LogP contribution is 2.30. The van der Waals surface area contributed by atoms with Gasteiger partial charge in [-0.2, -0.15) is 5.10 Å². The number of carbonyl (C=O) groups is 2. The minimum atomic E-state index is -0.651. The third kappa shape index (κ3) is 6.47. The van der Waals surface area contributed by atoms with Gasteiger partial charge in [0.25, 0.3) is 5.91 Å². The lowest BCUT2D eigenvalue weighted by Crippen LogP contribution is -2.50. The number of aromatic nitrogens is 2. The Morgan fingerprint density at radius 3 is 2.81 bits per heavy atom. The Balaban J connectivity index is 1.29. The molecule has 1 aromatic heterocycles. The van der Waals surface area contributed by atoms with Crippen LogP contribution in [0.2, 0.25) is 5.02 Å². The fourth-order valence-electron chi connectivity index (χ4n) is 6.13. The molecule has 3 aliphatic heterocycles. The van der Waals surface area contributed by atoms with E-state index in [1.807, 2.05) is 49.6 Å². The van der Waals surface area contributed by atoms with Gasteiger partial charge in [0.15, 0.2) is 0 Å². The summed E-state index contributed by atoms with van der Waals surface area (Å²) in [7, 11) is 1.86. The number of carbonyl (C=O) groups excluding carboxylic acids is 2. The van der Waals surface area contributed by atoms with Crippen LogP contribution >= 0.6 is 11.6 Å². The van der Waals surface area contributed by atoms with Gasteiger partial charge < -0.3 is 25.2 Å². The minimum Gasteiger partial charge on any atom is -0.493 e. The quantitative estimate of drug-likeness (QED) is 0.427. The van der Waals surface area contributed by atoms with Gasteiger partial charge in [-0.05, 0) is 54.7 Å². The van der Waals surface area contributed by atoms with Gasteiger partial charge in [0, 0.05) is 55.9 Å². The second-order valence-corrected chi connectivity index (χ2v) is 11.9. The number of ether oxygens (including phenoxy) is 2. The largest absolute Gasteiger partial charge is 0.493 e. The molecule has 3 aromatic rings. The number of benzene rings is 2. The summed E-state index contributed by atoms with van der Waals surface area (Å²) in [5, 5.41) is 21.7. The van der Waals surface area contributed by atoms with E-state index in [0.717, 1.165) is 16.7 Å². The molecule has 0 spiro atoms. The number of nitrogens with zero attached hydrogens (tertiary/aromatic N) is 3. The maximum atomic E-state index is 13.6. The van der Waals surface area contributed by atoms with Gasteiger partial charge in [0.1, 0.15) is 11.9 Å². The number of rotatable bonds is 3. The molecule has 4 bridgehead atoms. The van der Waals surface area contributed by atoms with Crippen LogP contribution in [-0.2, 0) is 23.1 Å². The van der Waals surface area contributed by atoms with Crippen LogP contribution in [0.3, 0.4) is 0 Å². The smallest absolute Gasteiger partial charge is 0.255 e. The molecular weight excluding hydrogens is 558 g/mol. The fourth-order valence-corrected chi connectivity index (χ4v) is 6.34. The number of amides is 2. The van der Waals surface area contributed by atoms with Gasteiger partial charge in [-0.1, -0.05) is 29.8 Å². The second kappa shape index (κ2) is 12.4. The Morgan fingerprint density at radius 2 is 2.00 bits per heavy atom. The number of aliphatic hydroxyl groups is 1. The first-order chi connectivity index (χ1) is 20.3. The maximum Gasteiger partial charge on any atom is 0.255 e. The lowest BCUT2D eigenvalue weighted by atomic mass is 9.99. The van der Waals surface area contributed by atoms with Crippen molar-refractivity contribution < 1.29 is 24.2 Å². The molecule has 3 aliphatic rings. The Morgan fingerprint density at radius 1 is 1.12 bits per heavy atom. The van der Waals surface area contributed by atoms with Crippen molar-refractivity contribution in [2.24, 2.45) is 7.05 Å². The van der Waals surface area contributed by atoms with Crippen molar-refractivity contribution >= 4 is 23.4 Å². The van der Waals surface area contributed by atoms with Crippen molar-refractivity contribution in [3.05, 3.63) is 71.0 Å². The van der Waals surface area contributed by atoms with Crippen LogP contribution in [0.4, 0.5) is 0 Å². The highest BCUT2D eigenvalue weighted by atomic mass is 35.5. The van der Waals surface area contributed by atoms with Gasteiger partial charge in [0.05, 0.1) is 36.6 Å². The van der Waals surface area contributed by atoms with Crippen molar-refractivity contribution in [2.75, 3.05) is 19.7 Å². The predicted molar refractivity (Wildman–Crippen MR) is 157 cm³/mol. The van der Waals surface area contributed by atoms with E-state index in [0.29, 0.717) is 61.7 Å². The average Bonchev–Trinajstić information content (AvgIpc) is 3.58. The van der Waals surface area contributed by atoms with Crippen LogP contribution < -0.4 is 15.4 Å². The molecule has 10 nitrogen and oxygen atoms in total. The molecule has 2 fully saturated rings. The normalized spacial score (nSPS) is 27.1. The van der Waals surface area contributed by atoms with Crippen molar-refractivity contribution in [3.63, 3.8) is 0 Å². The molecule has 0 radical (unpaired) electrons. The molecule has 6 rings (SSSR count). The molecule has 42 heavy (non-hydrogen) atoms. The molecule has 0 unspecified atom stereocenters. The molecule has 2 saturated heterocycles. The first-order valence-electron chi connectivity index (χ1n) is 14.5. The van der Waals surface area contributed by atoms with Gasteiger partial charge in [-0.15, -0.1) is 0 Å². The lowest BCUT2D eigenvalue weighted by Gasteiger charge is -2.34. The van der Waals surface area contributed by atoms with E-state index in [4.69, 9.17) is 21.1 Å². The van der Waals surface area contributed by atoms with E-state index in [1.54, 1.807) is 16.9 Å². The highest BCUT2D eigenvalue weighted by molar-refractivity contribution is 6.30. The SMILES string of the molecule is Cn1cc(-c2ccc3c(c2)OCC[C@@H]2CC[C@H](O)[C@@H](CNC(=O)[C@@H]4C[C@@H](CN4Cc4cccc(Cl)c4)NC3=O)O2)cn1. The summed E-state index contributed by atoms with van der Waals surface area (Å²) in [6.07, 6.45) is 4.72. The Kier molecular flexibility index (Phi) is 8.48. The van der Waals surface area contributed by atoms with Gasteiger partial charge in [0.2, 0.25) is 5.91 Å². The van der Waals surface area contributed by atoms with E-state index in [1.165, 1.54) is 0 Å². The molecule has 2 amide bonds. The summed E-state index contributed by atoms with van der Waals surface area (Å²) >= 11 is 6.23. The third-order valence-electron chi connectivity index (χ3n) is 8.34. The Hall–Kier alpha value is -3.44. The first kappa shape index (κ1) is 28.7. The Bertz CT molecular complexity index is 1450. The number of likely N-dealkylation sites (tertiary alicyclic amines) is 1. The summed E-state index contributed by atoms with van der Waals surface area (Å²) in [6, 6.07) is 12.4. The topological polar surface area (TPSA) is 118 Å². The molecule has 4 heterocycles. The lowest BCUT2D eigenvalue weighted by molar-refractivity contribution is -0.133. The van der Waals surface area contributed by atoms with Crippen molar-refractivity contribution in [1.29, 1.82) is 0 Å². The molecule has 222 valence electrons. The predicted octanol–water partition coefficient (Wildman–Crippen LogP) is 2.92. The second-order valence-electron chi connectivity index (χ2n) is 11.4. The number of aryl methyl sites for hydroxylation is 1. The average molecular weight is 594 g/mol. The van der Waals surface area contributed by atoms with Gasteiger partial charge in [-0.3, -0.25) is 19.2 Å². The van der Waals surface area contributed by atoms with Crippen molar-refractivity contribution in [3.8, 4) is 16.9 Å². The standard InChI is InChI=1S/C31H36ClN5O5/c1-36-17-21(14-34-36)20-5-7-25-28(12-20)41-10-9-24-6-8-27(38)29(42-24)15-33-31(40)26-13-23(35-30(25)39)18-37(26)16-19-3-2-4-22(32)11-19/h2-5,7,11-12,14,17,23-24,26-27,29,38H,6,8-10,13,15-16,18H2,1H3,(H,33,40)(H,35,39)/t23-,24-,26-,27-,29+/m0/s1. The van der Waals surface area contributed by atoms with Gasteiger partial charge in [-0.25, -0.2) is 0 Å². The first-order valence-corrected chi connectivity index (χ1v) is 14.9. The Labute approximate surface area is 249 Å². The minimum absolute atomic E-state index is 0.128. The zero-order valence-electron chi connectivity index (χ0n) is 23.5. The molecule has 2 aromatic carbocycles. The molecule has 0 saturated carbocycles. The van der Waals surface area contributed by atoms with E-state index in [9.17, 15) is 14.7 Å². The van der Waals surface area contributed by atoms with Crippen LogP contribution in [0.25, 0.3) is 11.1 Å². The van der Waals surface area contributed by atoms with E-state index in [2.05, 4.69) is 20.6 Å². The van der Waals surface area contributed by atoms with Crippen LogP contribution in [0.1, 0.15) is 41.6 Å². The van der Waals surface area contributed by atoms with Crippen LogP contribution in [0.5, 0.6) is 5.75 Å². The number of fused-ring (bicyclic) bond motifs is 5. The zero-order chi connectivity index (χ0) is 29.2. The molecule has 5 atom stereocenters. The third-order valence-corrected chi connectivity index (χ3v) is 8.57. The summed E-state index contributed by atoms with van der Waals surface area (Å²) in [6.45, 7) is 1.55. The highest BCUT2D eigenvalue weighted by Gasteiger charge is 2.39. The number of aliphatic hydroxyl groups excluding tert-OH is 1. The summed E-state index contributed by atoms with van der Waals surface area (Å²) in [4.78, 5) is 29.2. The van der Waals surface area contributed by atoms with Crippen LogP contribution in [0, 0.1) is 0 Å². The fraction of sp³-hybridized carbons (Fsp3) is 0.452. The zero-order valence-corrected chi connectivity index (χ0v) is 24.3. The molecule has 3 N–H and O–H groups in total. The van der Waals surface area contributed by atoms with Crippen molar-refractivity contribution in [1.82, 2.24) is 25.3 Å². The van der Waals surface area contributed by atoms with Crippen molar-refractivity contribution in [2.45, 2.75) is 62.6 Å². The number of halogens is 1.